The quantitative estimate of drug-likeness (QED) is 0.912. The number of hydrogen-bond donors (Lipinski definition) is 1. The maximum absolute atomic E-state index is 13.3. The molecule has 1 aromatic rings. The first-order valence-electron chi connectivity index (χ1n) is 5.72. The van der Waals surface area contributed by atoms with Gasteiger partial charge in [0.2, 0.25) is 5.91 Å². The van der Waals surface area contributed by atoms with Crippen molar-refractivity contribution < 1.29 is 23.5 Å². The number of nitrogens with zero attached hydrogens (tertiary/aromatic N) is 1. The minimum Gasteiger partial charge on any atom is -0.479 e. The van der Waals surface area contributed by atoms with Crippen LogP contribution in [0.3, 0.4) is 0 Å². The van der Waals surface area contributed by atoms with Crippen LogP contribution in [0.25, 0.3) is 0 Å². The van der Waals surface area contributed by atoms with Crippen molar-refractivity contribution in [1.82, 2.24) is 4.90 Å². The van der Waals surface area contributed by atoms with Gasteiger partial charge in [-0.25, -0.2) is 13.6 Å². The number of carbonyl (C=O) groups is 2. The molecule has 0 bridgehead atoms. The average molecular weight is 271 g/mol. The monoisotopic (exact) mass is 271 g/mol. The van der Waals surface area contributed by atoms with Crippen molar-refractivity contribution in [2.75, 3.05) is 6.54 Å². The zero-order valence-corrected chi connectivity index (χ0v) is 10.9. The van der Waals surface area contributed by atoms with Gasteiger partial charge in [0, 0.05) is 13.5 Å². The van der Waals surface area contributed by atoms with E-state index in [9.17, 15) is 23.5 Å². The molecule has 1 atom stereocenters. The molecule has 1 N–H and O–H groups in total. The molecular formula is C13H15F2NO3. The molecule has 0 saturated heterocycles. The Balaban J connectivity index is 3.45. The topological polar surface area (TPSA) is 57.6 Å². The lowest BCUT2D eigenvalue weighted by Crippen LogP contribution is -2.52. The Labute approximate surface area is 109 Å². The largest absolute Gasteiger partial charge is 0.479 e. The van der Waals surface area contributed by atoms with Gasteiger partial charge in [-0.15, -0.1) is 0 Å². The van der Waals surface area contributed by atoms with Crippen LogP contribution in [0.5, 0.6) is 0 Å². The standard InChI is InChI=1S/C13H15F2NO3/c1-4-16(8(2)17)13(3,12(18)19)9-5-6-10(14)11(15)7-9/h5-7H,4H2,1-3H3,(H,18,19). The van der Waals surface area contributed by atoms with Crippen molar-refractivity contribution in [2.24, 2.45) is 0 Å². The predicted octanol–water partition coefficient (Wildman–Crippen LogP) is 2.13. The molecule has 0 saturated carbocycles. The summed E-state index contributed by atoms with van der Waals surface area (Å²) >= 11 is 0. The van der Waals surface area contributed by atoms with E-state index in [1.807, 2.05) is 0 Å². The maximum atomic E-state index is 13.3. The van der Waals surface area contributed by atoms with E-state index < -0.39 is 29.0 Å². The third-order valence-corrected chi connectivity index (χ3v) is 3.13. The number of benzene rings is 1. The maximum Gasteiger partial charge on any atom is 0.334 e. The summed E-state index contributed by atoms with van der Waals surface area (Å²) in [7, 11) is 0. The van der Waals surface area contributed by atoms with Gasteiger partial charge in [0.05, 0.1) is 0 Å². The number of likely N-dealkylation sites (N-methyl/N-ethyl adjacent to an activating group) is 1. The lowest BCUT2D eigenvalue weighted by atomic mass is 9.89. The number of hydrogen-bond acceptors (Lipinski definition) is 2. The summed E-state index contributed by atoms with van der Waals surface area (Å²) in [5.74, 6) is -3.99. The molecule has 0 fully saturated rings. The Morgan fingerprint density at radius 1 is 1.32 bits per heavy atom. The van der Waals surface area contributed by atoms with E-state index in [2.05, 4.69) is 0 Å². The first-order valence-corrected chi connectivity index (χ1v) is 5.72. The Hall–Kier alpha value is -1.98. The van der Waals surface area contributed by atoms with Crippen molar-refractivity contribution in [2.45, 2.75) is 26.3 Å². The van der Waals surface area contributed by atoms with Crippen LogP contribution in [0, 0.1) is 11.6 Å². The first kappa shape index (κ1) is 15.1. The molecule has 1 rings (SSSR count). The lowest BCUT2D eigenvalue weighted by molar-refractivity contribution is -0.158. The van der Waals surface area contributed by atoms with Crippen molar-refractivity contribution >= 4 is 11.9 Å². The summed E-state index contributed by atoms with van der Waals surface area (Å²) in [6, 6.07) is 2.81. The summed E-state index contributed by atoms with van der Waals surface area (Å²) in [5, 5.41) is 9.39. The molecule has 0 aliphatic carbocycles. The van der Waals surface area contributed by atoms with Crippen LogP contribution in [0.1, 0.15) is 26.3 Å². The first-order chi connectivity index (χ1) is 8.75. The fourth-order valence-corrected chi connectivity index (χ4v) is 2.05. The van der Waals surface area contributed by atoms with Crippen LogP contribution in [-0.4, -0.2) is 28.4 Å². The van der Waals surface area contributed by atoms with Crippen LogP contribution in [0.2, 0.25) is 0 Å². The van der Waals surface area contributed by atoms with Crippen LogP contribution < -0.4 is 0 Å². The highest BCUT2D eigenvalue weighted by Gasteiger charge is 2.42. The Bertz CT molecular complexity index is 519. The van der Waals surface area contributed by atoms with Gasteiger partial charge in [-0.2, -0.15) is 0 Å². The molecule has 19 heavy (non-hydrogen) atoms. The van der Waals surface area contributed by atoms with E-state index in [1.165, 1.54) is 13.8 Å². The number of carboxylic acids is 1. The number of halogens is 2. The van der Waals surface area contributed by atoms with Crippen molar-refractivity contribution in [3.05, 3.63) is 35.4 Å². The molecule has 1 unspecified atom stereocenters. The van der Waals surface area contributed by atoms with Crippen molar-refractivity contribution in [3.63, 3.8) is 0 Å². The van der Waals surface area contributed by atoms with E-state index in [4.69, 9.17) is 0 Å². The Morgan fingerprint density at radius 2 is 1.89 bits per heavy atom. The minimum absolute atomic E-state index is 0.0101. The lowest BCUT2D eigenvalue weighted by Gasteiger charge is -2.37. The number of carbonyl (C=O) groups excluding carboxylic acids is 1. The fraction of sp³-hybridized carbons (Fsp3) is 0.385. The molecule has 104 valence electrons. The highest BCUT2D eigenvalue weighted by atomic mass is 19.2. The summed E-state index contributed by atoms with van der Waals surface area (Å²) in [4.78, 5) is 24.1. The van der Waals surface area contributed by atoms with Gasteiger partial charge in [-0.1, -0.05) is 6.07 Å². The summed E-state index contributed by atoms with van der Waals surface area (Å²) < 4.78 is 26.2. The normalized spacial score (nSPS) is 13.7. The van der Waals surface area contributed by atoms with E-state index in [-0.39, 0.29) is 12.1 Å². The fourth-order valence-electron chi connectivity index (χ4n) is 2.05. The number of rotatable bonds is 4. The average Bonchev–Trinajstić information content (AvgIpc) is 2.32. The van der Waals surface area contributed by atoms with Crippen molar-refractivity contribution in [3.8, 4) is 0 Å². The van der Waals surface area contributed by atoms with Crippen LogP contribution in [0.4, 0.5) is 8.78 Å². The van der Waals surface area contributed by atoms with E-state index >= 15 is 0 Å². The number of amides is 1. The highest BCUT2D eigenvalue weighted by Crippen LogP contribution is 2.30. The van der Waals surface area contributed by atoms with Crippen LogP contribution in [0.15, 0.2) is 18.2 Å². The third kappa shape index (κ3) is 2.57. The second-order valence-corrected chi connectivity index (χ2v) is 4.27. The molecule has 4 nitrogen and oxygen atoms in total. The molecule has 0 spiro atoms. The van der Waals surface area contributed by atoms with E-state index in [0.717, 1.165) is 23.1 Å². The smallest absolute Gasteiger partial charge is 0.334 e. The minimum atomic E-state index is -1.74. The molecule has 1 amide bonds. The molecule has 1 aromatic carbocycles. The number of aliphatic carboxylic acids is 1. The van der Waals surface area contributed by atoms with Crippen LogP contribution in [-0.2, 0) is 15.1 Å². The van der Waals surface area contributed by atoms with Gasteiger partial charge >= 0.3 is 5.97 Å². The van der Waals surface area contributed by atoms with E-state index in [1.54, 1.807) is 6.92 Å². The summed E-state index contributed by atoms with van der Waals surface area (Å²) in [5.41, 5.74) is -1.73. The summed E-state index contributed by atoms with van der Waals surface area (Å²) in [6.45, 7) is 4.26. The molecular weight excluding hydrogens is 256 g/mol. The molecule has 0 aromatic heterocycles. The van der Waals surface area contributed by atoms with Gasteiger partial charge in [0.1, 0.15) is 0 Å². The zero-order valence-electron chi connectivity index (χ0n) is 10.9. The third-order valence-electron chi connectivity index (χ3n) is 3.13. The second-order valence-electron chi connectivity index (χ2n) is 4.27. The SMILES string of the molecule is CCN(C(C)=O)C(C)(C(=O)O)c1ccc(F)c(F)c1. The van der Waals surface area contributed by atoms with Crippen LogP contribution >= 0.6 is 0 Å². The zero-order chi connectivity index (χ0) is 14.8. The molecule has 0 aliphatic rings. The Kier molecular flexibility index (Phi) is 4.24. The molecule has 0 heterocycles. The molecule has 6 heteroatoms. The van der Waals surface area contributed by atoms with Gasteiger partial charge < -0.3 is 10.0 Å². The second kappa shape index (κ2) is 5.34. The molecule has 0 aliphatic heterocycles. The highest BCUT2D eigenvalue weighted by molar-refractivity contribution is 5.87. The summed E-state index contributed by atoms with van der Waals surface area (Å²) in [6.07, 6.45) is 0. The van der Waals surface area contributed by atoms with Gasteiger partial charge in [0.25, 0.3) is 0 Å². The Morgan fingerprint density at radius 3 is 2.26 bits per heavy atom. The number of carboxylic acid groups (broad SMARTS) is 1. The van der Waals surface area contributed by atoms with Gasteiger partial charge in [-0.05, 0) is 31.5 Å². The van der Waals surface area contributed by atoms with Gasteiger partial charge in [0.15, 0.2) is 17.2 Å². The van der Waals surface area contributed by atoms with Crippen molar-refractivity contribution in [1.29, 1.82) is 0 Å². The van der Waals surface area contributed by atoms with E-state index in [0.29, 0.717) is 0 Å². The van der Waals surface area contributed by atoms with Gasteiger partial charge in [-0.3, -0.25) is 4.79 Å². The molecule has 0 radical (unpaired) electrons. The predicted molar refractivity (Wildman–Crippen MR) is 64.4 cm³/mol.